The van der Waals surface area contributed by atoms with Gasteiger partial charge in [-0.3, -0.25) is 4.90 Å². The summed E-state index contributed by atoms with van der Waals surface area (Å²) in [5.41, 5.74) is 1.16. The maximum absolute atomic E-state index is 13.7. The molecular weight excluding hydrogens is 267 g/mol. The van der Waals surface area contributed by atoms with E-state index in [9.17, 15) is 4.39 Å². The largest absolute Gasteiger partial charge is 0.379 e. The van der Waals surface area contributed by atoms with Crippen LogP contribution < -0.4 is 5.32 Å². The number of nitrogens with one attached hydrogen (secondary N) is 1. The summed E-state index contributed by atoms with van der Waals surface area (Å²) in [6.45, 7) is 3.57. The summed E-state index contributed by atoms with van der Waals surface area (Å²) in [4.78, 5) is 2.58. The Hall–Kier alpha value is -0.970. The highest BCUT2D eigenvalue weighted by Crippen LogP contribution is 2.44. The second-order valence-corrected chi connectivity index (χ2v) is 6.19. The van der Waals surface area contributed by atoms with Crippen LogP contribution in [0.4, 0.5) is 4.39 Å². The van der Waals surface area contributed by atoms with Crippen LogP contribution in [-0.4, -0.2) is 43.8 Å². The first-order valence-corrected chi connectivity index (χ1v) is 8.02. The van der Waals surface area contributed by atoms with E-state index in [1.54, 1.807) is 6.07 Å². The number of ether oxygens (including phenoxy) is 1. The highest BCUT2D eigenvalue weighted by molar-refractivity contribution is 5.25. The van der Waals surface area contributed by atoms with E-state index in [1.165, 1.54) is 31.7 Å². The lowest BCUT2D eigenvalue weighted by Gasteiger charge is -2.48. The van der Waals surface area contributed by atoms with E-state index in [4.69, 9.17) is 4.74 Å². The molecule has 1 N–H and O–H groups in total. The van der Waals surface area contributed by atoms with Crippen LogP contribution in [0.3, 0.4) is 0 Å². The predicted octanol–water partition coefficient (Wildman–Crippen LogP) is 2.73. The molecule has 1 saturated heterocycles. The fourth-order valence-electron chi connectivity index (χ4n) is 4.22. The van der Waals surface area contributed by atoms with Gasteiger partial charge in [-0.25, -0.2) is 4.39 Å². The molecular formula is C17H25FN2O. The Kier molecular flexibility index (Phi) is 4.57. The van der Waals surface area contributed by atoms with Gasteiger partial charge in [-0.1, -0.05) is 25.0 Å². The maximum Gasteiger partial charge on any atom is 0.123 e. The first-order chi connectivity index (χ1) is 10.3. The third kappa shape index (κ3) is 2.85. The molecule has 0 aromatic heterocycles. The summed E-state index contributed by atoms with van der Waals surface area (Å²) in [7, 11) is 2.00. The summed E-state index contributed by atoms with van der Waals surface area (Å²) in [6, 6.07) is 7.24. The molecule has 1 aliphatic carbocycles. The van der Waals surface area contributed by atoms with Gasteiger partial charge >= 0.3 is 0 Å². The van der Waals surface area contributed by atoms with Gasteiger partial charge in [0.15, 0.2) is 0 Å². The summed E-state index contributed by atoms with van der Waals surface area (Å²) in [5.74, 6) is -0.150. The molecule has 3 rings (SSSR count). The first-order valence-electron chi connectivity index (χ1n) is 8.02. The van der Waals surface area contributed by atoms with Gasteiger partial charge in [0.05, 0.1) is 19.3 Å². The Morgan fingerprint density at radius 3 is 2.57 bits per heavy atom. The van der Waals surface area contributed by atoms with Crippen LogP contribution in [0.25, 0.3) is 0 Å². The van der Waals surface area contributed by atoms with Crippen molar-refractivity contribution < 1.29 is 9.13 Å². The van der Waals surface area contributed by atoms with Gasteiger partial charge in [-0.05, 0) is 37.6 Å². The third-order valence-corrected chi connectivity index (χ3v) is 5.12. The third-order valence-electron chi connectivity index (χ3n) is 5.12. The van der Waals surface area contributed by atoms with Crippen molar-refractivity contribution in [2.75, 3.05) is 33.4 Å². The molecule has 1 aromatic carbocycles. The number of likely N-dealkylation sites (N-methyl/N-ethyl adjacent to an activating group) is 1. The lowest BCUT2D eigenvalue weighted by Crippen LogP contribution is -2.57. The Balaban J connectivity index is 1.93. The van der Waals surface area contributed by atoms with E-state index in [2.05, 4.69) is 10.2 Å². The lowest BCUT2D eigenvalue weighted by molar-refractivity contribution is -0.0354. The van der Waals surface area contributed by atoms with Gasteiger partial charge in [0, 0.05) is 18.6 Å². The van der Waals surface area contributed by atoms with Gasteiger partial charge < -0.3 is 10.1 Å². The first kappa shape index (κ1) is 14.9. The molecule has 3 nitrogen and oxygen atoms in total. The van der Waals surface area contributed by atoms with Crippen molar-refractivity contribution in [1.82, 2.24) is 10.2 Å². The maximum atomic E-state index is 13.7. The van der Waals surface area contributed by atoms with E-state index in [1.807, 2.05) is 19.2 Å². The SMILES string of the molecule is CNC(c1cccc(F)c1)C1(N2CCOCC2)CCCC1. The number of benzene rings is 1. The van der Waals surface area contributed by atoms with Crippen molar-refractivity contribution in [2.24, 2.45) is 0 Å². The van der Waals surface area contributed by atoms with Crippen LogP contribution in [0, 0.1) is 5.82 Å². The fourth-order valence-corrected chi connectivity index (χ4v) is 4.22. The molecule has 1 saturated carbocycles. The zero-order chi connectivity index (χ0) is 14.7. The molecule has 0 bridgehead atoms. The molecule has 1 aliphatic heterocycles. The smallest absolute Gasteiger partial charge is 0.123 e. The Morgan fingerprint density at radius 2 is 1.95 bits per heavy atom. The molecule has 2 aliphatic rings. The van der Waals surface area contributed by atoms with Crippen molar-refractivity contribution in [1.29, 1.82) is 0 Å². The number of nitrogens with zero attached hydrogens (tertiary/aromatic N) is 1. The normalized spacial score (nSPS) is 24.1. The highest BCUT2D eigenvalue weighted by atomic mass is 19.1. The van der Waals surface area contributed by atoms with Crippen LogP contribution in [0.1, 0.15) is 37.3 Å². The number of morpholine rings is 1. The van der Waals surface area contributed by atoms with Gasteiger partial charge in [-0.15, -0.1) is 0 Å². The molecule has 4 heteroatoms. The minimum absolute atomic E-state index is 0.103. The van der Waals surface area contributed by atoms with Crippen molar-refractivity contribution >= 4 is 0 Å². The minimum atomic E-state index is -0.150. The number of hydrogen-bond acceptors (Lipinski definition) is 3. The number of hydrogen-bond donors (Lipinski definition) is 1. The van der Waals surface area contributed by atoms with Gasteiger partial charge in [0.25, 0.3) is 0 Å². The topological polar surface area (TPSA) is 24.5 Å². The Morgan fingerprint density at radius 1 is 1.24 bits per heavy atom. The lowest BCUT2D eigenvalue weighted by atomic mass is 9.81. The van der Waals surface area contributed by atoms with Crippen molar-refractivity contribution in [2.45, 2.75) is 37.3 Å². The molecule has 2 fully saturated rings. The summed E-state index contributed by atoms with van der Waals surface area (Å²) in [6.07, 6.45) is 4.86. The summed E-state index contributed by atoms with van der Waals surface area (Å²) < 4.78 is 19.2. The molecule has 1 heterocycles. The highest BCUT2D eigenvalue weighted by Gasteiger charge is 2.46. The second-order valence-electron chi connectivity index (χ2n) is 6.19. The second kappa shape index (κ2) is 6.42. The van der Waals surface area contributed by atoms with Gasteiger partial charge in [0.1, 0.15) is 5.82 Å². The van der Waals surface area contributed by atoms with E-state index in [0.29, 0.717) is 0 Å². The summed E-state index contributed by atoms with van der Waals surface area (Å²) in [5, 5.41) is 3.48. The van der Waals surface area contributed by atoms with Crippen molar-refractivity contribution in [3.63, 3.8) is 0 Å². The van der Waals surface area contributed by atoms with Crippen LogP contribution in [0.5, 0.6) is 0 Å². The molecule has 116 valence electrons. The predicted molar refractivity (Wildman–Crippen MR) is 81.8 cm³/mol. The van der Waals surface area contributed by atoms with E-state index in [0.717, 1.165) is 31.9 Å². The van der Waals surface area contributed by atoms with Crippen LogP contribution >= 0.6 is 0 Å². The molecule has 0 radical (unpaired) electrons. The average molecular weight is 292 g/mol. The van der Waals surface area contributed by atoms with Crippen molar-refractivity contribution in [3.05, 3.63) is 35.6 Å². The molecule has 0 spiro atoms. The fraction of sp³-hybridized carbons (Fsp3) is 0.647. The number of halogens is 1. The van der Waals surface area contributed by atoms with Gasteiger partial charge in [-0.2, -0.15) is 0 Å². The molecule has 1 atom stereocenters. The zero-order valence-electron chi connectivity index (χ0n) is 12.8. The van der Waals surface area contributed by atoms with Crippen LogP contribution in [0.2, 0.25) is 0 Å². The average Bonchev–Trinajstić information content (AvgIpc) is 3.00. The zero-order valence-corrected chi connectivity index (χ0v) is 12.8. The molecule has 1 aromatic rings. The summed E-state index contributed by atoms with van der Waals surface area (Å²) >= 11 is 0. The van der Waals surface area contributed by atoms with E-state index < -0.39 is 0 Å². The quantitative estimate of drug-likeness (QED) is 0.923. The van der Waals surface area contributed by atoms with Crippen molar-refractivity contribution in [3.8, 4) is 0 Å². The monoisotopic (exact) mass is 292 g/mol. The Labute approximate surface area is 126 Å². The minimum Gasteiger partial charge on any atom is -0.379 e. The van der Waals surface area contributed by atoms with E-state index >= 15 is 0 Å². The number of rotatable bonds is 4. The molecule has 0 amide bonds. The molecule has 21 heavy (non-hydrogen) atoms. The van der Waals surface area contributed by atoms with Crippen LogP contribution in [-0.2, 0) is 4.74 Å². The van der Waals surface area contributed by atoms with Gasteiger partial charge in [0.2, 0.25) is 0 Å². The molecule has 1 unspecified atom stereocenters. The van der Waals surface area contributed by atoms with Crippen LogP contribution in [0.15, 0.2) is 24.3 Å². The standard InChI is InChI=1S/C17H25FN2O/c1-19-16(14-5-4-6-15(18)13-14)17(7-2-3-8-17)20-9-11-21-12-10-20/h4-6,13,16,19H,2-3,7-12H2,1H3. The Bertz CT molecular complexity index is 468. The van der Waals surface area contributed by atoms with E-state index in [-0.39, 0.29) is 17.4 Å².